The molecule has 2 rings (SSSR count). The second-order valence-corrected chi connectivity index (χ2v) is 5.74. The van der Waals surface area contributed by atoms with E-state index in [9.17, 15) is 10.2 Å². The van der Waals surface area contributed by atoms with Crippen LogP contribution in [0.1, 0.15) is 40.0 Å². The quantitative estimate of drug-likeness (QED) is 0.575. The van der Waals surface area contributed by atoms with Gasteiger partial charge < -0.3 is 10.2 Å². The molecule has 2 N–H and O–H groups in total. The molecule has 0 bridgehead atoms. The van der Waals surface area contributed by atoms with E-state index in [2.05, 4.69) is 13.8 Å². The van der Waals surface area contributed by atoms with Crippen molar-refractivity contribution in [2.45, 2.75) is 51.2 Å². The van der Waals surface area contributed by atoms with Gasteiger partial charge in [-0.25, -0.2) is 0 Å². The van der Waals surface area contributed by atoms with Gasteiger partial charge in [0.1, 0.15) is 0 Å². The van der Waals surface area contributed by atoms with Crippen LogP contribution in [0.2, 0.25) is 0 Å². The predicted octanol–water partition coefficient (Wildman–Crippen LogP) is 1.31. The van der Waals surface area contributed by atoms with Crippen LogP contribution in [-0.2, 0) is 0 Å². The van der Waals surface area contributed by atoms with Crippen molar-refractivity contribution in [3.05, 3.63) is 0 Å². The number of rotatable bonds is 0. The predicted molar refractivity (Wildman–Crippen MR) is 46.7 cm³/mol. The first-order chi connectivity index (χ1) is 5.25. The third-order valence-corrected chi connectivity index (χ3v) is 3.42. The first-order valence-electron chi connectivity index (χ1n) is 4.70. The minimum Gasteiger partial charge on any atom is -0.390 e. The summed E-state index contributed by atoms with van der Waals surface area (Å²) in [5.74, 6) is 0.137. The summed E-state index contributed by atoms with van der Waals surface area (Å²) < 4.78 is 0. The van der Waals surface area contributed by atoms with E-state index >= 15 is 0 Å². The molecule has 0 aliphatic heterocycles. The van der Waals surface area contributed by atoms with Crippen LogP contribution in [0, 0.1) is 11.3 Å². The summed E-state index contributed by atoms with van der Waals surface area (Å²) in [4.78, 5) is 0. The van der Waals surface area contributed by atoms with Crippen molar-refractivity contribution in [1.82, 2.24) is 0 Å². The summed E-state index contributed by atoms with van der Waals surface area (Å²) in [6, 6.07) is 0. The minimum absolute atomic E-state index is 0.0885. The van der Waals surface area contributed by atoms with Crippen LogP contribution >= 0.6 is 0 Å². The van der Waals surface area contributed by atoms with E-state index in [-0.39, 0.29) is 11.3 Å². The van der Waals surface area contributed by atoms with Crippen molar-refractivity contribution < 1.29 is 10.2 Å². The van der Waals surface area contributed by atoms with Gasteiger partial charge in [-0.05, 0) is 31.6 Å². The third kappa shape index (κ3) is 1.09. The molecule has 2 heteroatoms. The van der Waals surface area contributed by atoms with E-state index in [1.807, 2.05) is 6.92 Å². The van der Waals surface area contributed by atoms with E-state index in [0.29, 0.717) is 0 Å². The van der Waals surface area contributed by atoms with Crippen molar-refractivity contribution in [2.75, 3.05) is 0 Å². The van der Waals surface area contributed by atoms with Gasteiger partial charge in [-0.2, -0.15) is 0 Å². The van der Waals surface area contributed by atoms with E-state index in [1.54, 1.807) is 0 Å². The molecule has 70 valence electrons. The Kier molecular flexibility index (Phi) is 1.33. The van der Waals surface area contributed by atoms with Crippen molar-refractivity contribution >= 4 is 0 Å². The van der Waals surface area contributed by atoms with Crippen LogP contribution in [0.3, 0.4) is 0 Å². The molecule has 2 aliphatic rings. The first kappa shape index (κ1) is 8.52. The molecule has 2 saturated carbocycles. The molecule has 3 unspecified atom stereocenters. The monoisotopic (exact) mass is 170 g/mol. The average Bonchev–Trinajstić information content (AvgIpc) is 2.34. The van der Waals surface area contributed by atoms with Gasteiger partial charge in [0.2, 0.25) is 0 Å². The molecule has 2 nitrogen and oxygen atoms in total. The van der Waals surface area contributed by atoms with Gasteiger partial charge in [-0.15, -0.1) is 0 Å². The van der Waals surface area contributed by atoms with Crippen molar-refractivity contribution in [2.24, 2.45) is 11.3 Å². The van der Waals surface area contributed by atoms with Gasteiger partial charge in [0, 0.05) is 5.92 Å². The Balaban J connectivity index is 2.24. The maximum atomic E-state index is 10.0. The van der Waals surface area contributed by atoms with Gasteiger partial charge >= 0.3 is 0 Å². The zero-order valence-corrected chi connectivity index (χ0v) is 8.09. The standard InChI is InChI=1S/C10H18O2/c1-8(2)5-9(3,11)7-4-10(7,12)6-8/h7,11-12H,4-6H2,1-3H3. The zero-order chi connectivity index (χ0) is 9.20. The van der Waals surface area contributed by atoms with Crippen LogP contribution in [0.15, 0.2) is 0 Å². The summed E-state index contributed by atoms with van der Waals surface area (Å²) in [6.07, 6.45) is 2.46. The largest absolute Gasteiger partial charge is 0.390 e. The zero-order valence-electron chi connectivity index (χ0n) is 8.09. The average molecular weight is 170 g/mol. The highest BCUT2D eigenvalue weighted by molar-refractivity contribution is 5.17. The molecule has 0 saturated heterocycles. The highest BCUT2D eigenvalue weighted by Gasteiger charge is 2.66. The van der Waals surface area contributed by atoms with Crippen LogP contribution < -0.4 is 0 Å². The maximum Gasteiger partial charge on any atom is 0.0714 e. The summed E-state index contributed by atoms with van der Waals surface area (Å²) in [5.41, 5.74) is -1.09. The Morgan fingerprint density at radius 2 is 1.67 bits per heavy atom. The van der Waals surface area contributed by atoms with Gasteiger partial charge in [0.25, 0.3) is 0 Å². The highest BCUT2D eigenvalue weighted by Crippen LogP contribution is 2.62. The molecular weight excluding hydrogens is 152 g/mol. The van der Waals surface area contributed by atoms with Gasteiger partial charge in [-0.1, -0.05) is 13.8 Å². The molecule has 2 aliphatic carbocycles. The normalized spacial score (nSPS) is 56.2. The van der Waals surface area contributed by atoms with Gasteiger partial charge in [0.05, 0.1) is 11.2 Å². The number of hydrogen-bond acceptors (Lipinski definition) is 2. The van der Waals surface area contributed by atoms with Crippen LogP contribution in [0.4, 0.5) is 0 Å². The lowest BCUT2D eigenvalue weighted by molar-refractivity contribution is -0.0825. The lowest BCUT2D eigenvalue weighted by Gasteiger charge is -2.41. The molecule has 0 aromatic rings. The lowest BCUT2D eigenvalue weighted by Crippen LogP contribution is -2.44. The van der Waals surface area contributed by atoms with Crippen LogP contribution in [0.25, 0.3) is 0 Å². The van der Waals surface area contributed by atoms with Crippen molar-refractivity contribution in [3.8, 4) is 0 Å². The Morgan fingerprint density at radius 1 is 1.08 bits per heavy atom. The van der Waals surface area contributed by atoms with E-state index in [0.717, 1.165) is 19.3 Å². The molecular formula is C10H18O2. The molecule has 3 atom stereocenters. The van der Waals surface area contributed by atoms with Crippen molar-refractivity contribution in [1.29, 1.82) is 0 Å². The Morgan fingerprint density at radius 3 is 2.17 bits per heavy atom. The molecule has 0 aromatic carbocycles. The number of fused-ring (bicyclic) bond motifs is 1. The third-order valence-electron chi connectivity index (χ3n) is 3.42. The topological polar surface area (TPSA) is 40.5 Å². The molecule has 0 aromatic heterocycles. The Hall–Kier alpha value is -0.0800. The van der Waals surface area contributed by atoms with Crippen LogP contribution in [0.5, 0.6) is 0 Å². The van der Waals surface area contributed by atoms with E-state index in [4.69, 9.17) is 0 Å². The SMILES string of the molecule is CC1(C)CC(C)(O)C2CC2(O)C1. The molecule has 0 radical (unpaired) electrons. The van der Waals surface area contributed by atoms with E-state index < -0.39 is 11.2 Å². The van der Waals surface area contributed by atoms with Crippen molar-refractivity contribution in [3.63, 3.8) is 0 Å². The second kappa shape index (κ2) is 1.88. The number of hydrogen-bond donors (Lipinski definition) is 2. The van der Waals surface area contributed by atoms with Gasteiger partial charge in [0.15, 0.2) is 0 Å². The molecule has 2 fully saturated rings. The van der Waals surface area contributed by atoms with Gasteiger partial charge in [-0.3, -0.25) is 0 Å². The van der Waals surface area contributed by atoms with Crippen LogP contribution in [-0.4, -0.2) is 21.4 Å². The minimum atomic E-state index is -0.642. The fourth-order valence-corrected chi connectivity index (χ4v) is 3.27. The Bertz CT molecular complexity index is 217. The summed E-state index contributed by atoms with van der Waals surface area (Å²) in [7, 11) is 0. The second-order valence-electron chi connectivity index (χ2n) is 5.74. The summed E-state index contributed by atoms with van der Waals surface area (Å²) >= 11 is 0. The lowest BCUT2D eigenvalue weighted by atomic mass is 9.69. The fourth-order valence-electron chi connectivity index (χ4n) is 3.27. The molecule has 0 heterocycles. The summed E-state index contributed by atoms with van der Waals surface area (Å²) in [6.45, 7) is 6.10. The molecule has 0 spiro atoms. The van der Waals surface area contributed by atoms with E-state index in [1.165, 1.54) is 0 Å². The highest BCUT2D eigenvalue weighted by atomic mass is 16.3. The number of aliphatic hydroxyl groups is 2. The fraction of sp³-hybridized carbons (Fsp3) is 1.00. The Labute approximate surface area is 73.6 Å². The molecule has 12 heavy (non-hydrogen) atoms. The molecule has 0 amide bonds. The summed E-state index contributed by atoms with van der Waals surface area (Å²) in [5, 5.41) is 20.0. The maximum absolute atomic E-state index is 10.0. The smallest absolute Gasteiger partial charge is 0.0714 e. The first-order valence-corrected chi connectivity index (χ1v) is 4.70.